The molecule has 1 nitrogen and oxygen atoms in total. The zero-order valence-corrected chi connectivity index (χ0v) is 11.4. The molecule has 1 atom stereocenters. The molecule has 0 fully saturated rings. The molecule has 1 unspecified atom stereocenters. The monoisotopic (exact) mass is 265 g/mol. The molecule has 0 bridgehead atoms. The number of allylic oxidation sites excluding steroid dienone is 1. The molecule has 1 N–H and O–H groups in total. The van der Waals surface area contributed by atoms with Crippen molar-refractivity contribution in [2.75, 3.05) is 7.05 Å². The van der Waals surface area contributed by atoms with Crippen LogP contribution < -0.4 is 5.32 Å². The molecular weight excluding hydrogens is 244 g/mol. The van der Waals surface area contributed by atoms with E-state index in [-0.39, 0.29) is 11.6 Å². The van der Waals surface area contributed by atoms with E-state index in [0.29, 0.717) is 6.42 Å². The Morgan fingerprint density at radius 3 is 2.47 bits per heavy atom. The molecule has 0 radical (unpaired) electrons. The smallest absolute Gasteiger partial charge is 0.129 e. The SMILES string of the molecule is CNC(CC1=CCCCC1)Cc1c(F)cccc1F. The summed E-state index contributed by atoms with van der Waals surface area (Å²) in [4.78, 5) is 0. The summed E-state index contributed by atoms with van der Waals surface area (Å²) in [6, 6.07) is 4.15. The van der Waals surface area contributed by atoms with Crippen molar-refractivity contribution < 1.29 is 8.78 Å². The minimum absolute atomic E-state index is 0.0933. The molecule has 3 heteroatoms. The Hall–Kier alpha value is -1.22. The van der Waals surface area contributed by atoms with E-state index in [2.05, 4.69) is 11.4 Å². The summed E-state index contributed by atoms with van der Waals surface area (Å²) in [5.74, 6) is -0.893. The number of benzene rings is 1. The molecule has 1 aromatic carbocycles. The zero-order valence-electron chi connectivity index (χ0n) is 11.4. The van der Waals surface area contributed by atoms with Crippen molar-refractivity contribution in [2.24, 2.45) is 0 Å². The second-order valence-corrected chi connectivity index (χ2v) is 5.20. The second-order valence-electron chi connectivity index (χ2n) is 5.20. The molecule has 2 rings (SSSR count). The lowest BCUT2D eigenvalue weighted by Gasteiger charge is -2.21. The van der Waals surface area contributed by atoms with Crippen LogP contribution in [-0.4, -0.2) is 13.1 Å². The summed E-state index contributed by atoms with van der Waals surface area (Å²) < 4.78 is 27.3. The highest BCUT2D eigenvalue weighted by Crippen LogP contribution is 2.23. The predicted octanol–water partition coefficient (Wildman–Crippen LogP) is 3.99. The van der Waals surface area contributed by atoms with Gasteiger partial charge in [-0.25, -0.2) is 8.78 Å². The lowest BCUT2D eigenvalue weighted by Crippen LogP contribution is -2.29. The molecule has 0 aliphatic heterocycles. The molecule has 1 aromatic rings. The molecule has 104 valence electrons. The Kier molecular flexibility index (Phi) is 5.08. The van der Waals surface area contributed by atoms with Crippen molar-refractivity contribution in [2.45, 2.75) is 44.6 Å². The molecule has 0 aromatic heterocycles. The van der Waals surface area contributed by atoms with Crippen LogP contribution in [0.3, 0.4) is 0 Å². The highest BCUT2D eigenvalue weighted by molar-refractivity contribution is 5.21. The van der Waals surface area contributed by atoms with Crippen LogP contribution in [0.4, 0.5) is 8.78 Å². The van der Waals surface area contributed by atoms with Gasteiger partial charge in [0, 0.05) is 11.6 Å². The third kappa shape index (κ3) is 3.87. The van der Waals surface area contributed by atoms with Crippen LogP contribution in [0, 0.1) is 11.6 Å². The number of hydrogen-bond donors (Lipinski definition) is 1. The van der Waals surface area contributed by atoms with Gasteiger partial charge >= 0.3 is 0 Å². The summed E-state index contributed by atoms with van der Waals surface area (Å²) in [6.07, 6.45) is 8.31. The number of nitrogens with one attached hydrogen (secondary N) is 1. The Labute approximate surface area is 113 Å². The average Bonchev–Trinajstić information content (AvgIpc) is 2.43. The fraction of sp³-hybridized carbons (Fsp3) is 0.500. The van der Waals surface area contributed by atoms with E-state index in [1.54, 1.807) is 0 Å². The lowest BCUT2D eigenvalue weighted by molar-refractivity contribution is 0.492. The van der Waals surface area contributed by atoms with Gasteiger partial charge in [0.05, 0.1) is 0 Å². The van der Waals surface area contributed by atoms with Gasteiger partial charge in [-0.1, -0.05) is 17.7 Å². The summed E-state index contributed by atoms with van der Waals surface area (Å²) in [6.45, 7) is 0. The summed E-state index contributed by atoms with van der Waals surface area (Å²) in [7, 11) is 1.85. The molecule has 0 saturated heterocycles. The number of halogens is 2. The minimum atomic E-state index is -0.446. The van der Waals surface area contributed by atoms with Crippen molar-refractivity contribution in [3.8, 4) is 0 Å². The first-order valence-electron chi connectivity index (χ1n) is 6.98. The first-order chi connectivity index (χ1) is 9.20. The van der Waals surface area contributed by atoms with Crippen molar-refractivity contribution >= 4 is 0 Å². The van der Waals surface area contributed by atoms with Gasteiger partial charge in [-0.15, -0.1) is 0 Å². The molecular formula is C16H21F2N. The first-order valence-corrected chi connectivity index (χ1v) is 6.98. The van der Waals surface area contributed by atoms with Crippen molar-refractivity contribution in [1.29, 1.82) is 0 Å². The van der Waals surface area contributed by atoms with Gasteiger partial charge in [0.2, 0.25) is 0 Å². The van der Waals surface area contributed by atoms with Gasteiger partial charge in [0.15, 0.2) is 0 Å². The highest BCUT2D eigenvalue weighted by atomic mass is 19.1. The van der Waals surface area contributed by atoms with Gasteiger partial charge in [-0.3, -0.25) is 0 Å². The van der Waals surface area contributed by atoms with Crippen LogP contribution in [0.2, 0.25) is 0 Å². The third-order valence-corrected chi connectivity index (χ3v) is 3.81. The molecule has 19 heavy (non-hydrogen) atoms. The first kappa shape index (κ1) is 14.2. The van der Waals surface area contributed by atoms with E-state index in [1.807, 2.05) is 7.05 Å². The van der Waals surface area contributed by atoms with Crippen LogP contribution in [0.1, 0.15) is 37.7 Å². The molecule has 0 amide bonds. The van der Waals surface area contributed by atoms with Gasteiger partial charge < -0.3 is 5.32 Å². The van der Waals surface area contributed by atoms with Gasteiger partial charge in [-0.2, -0.15) is 0 Å². The van der Waals surface area contributed by atoms with Gasteiger partial charge in [0.25, 0.3) is 0 Å². The normalized spacial score (nSPS) is 17.1. The average molecular weight is 265 g/mol. The number of likely N-dealkylation sites (N-methyl/N-ethyl adjacent to an activating group) is 1. The number of rotatable bonds is 5. The summed E-state index contributed by atoms with van der Waals surface area (Å²) in [5, 5.41) is 3.18. The van der Waals surface area contributed by atoms with Crippen LogP contribution in [-0.2, 0) is 6.42 Å². The maximum Gasteiger partial charge on any atom is 0.129 e. The fourth-order valence-corrected chi connectivity index (χ4v) is 2.66. The van der Waals surface area contributed by atoms with Crippen LogP contribution in [0.15, 0.2) is 29.8 Å². The molecule has 0 spiro atoms. The maximum atomic E-state index is 13.6. The van der Waals surface area contributed by atoms with E-state index in [4.69, 9.17) is 0 Å². The Morgan fingerprint density at radius 1 is 1.16 bits per heavy atom. The summed E-state index contributed by atoms with van der Waals surface area (Å²) in [5.41, 5.74) is 1.61. The van der Waals surface area contributed by atoms with E-state index in [0.717, 1.165) is 19.3 Å². The zero-order chi connectivity index (χ0) is 13.7. The van der Waals surface area contributed by atoms with Crippen LogP contribution in [0.25, 0.3) is 0 Å². The highest BCUT2D eigenvalue weighted by Gasteiger charge is 2.16. The van der Waals surface area contributed by atoms with Crippen molar-refractivity contribution in [3.05, 3.63) is 47.0 Å². The van der Waals surface area contributed by atoms with Crippen LogP contribution in [0.5, 0.6) is 0 Å². The largest absolute Gasteiger partial charge is 0.316 e. The van der Waals surface area contributed by atoms with Crippen molar-refractivity contribution in [1.82, 2.24) is 5.32 Å². The maximum absolute atomic E-state index is 13.6. The molecule has 1 aliphatic carbocycles. The Bertz CT molecular complexity index is 434. The predicted molar refractivity (Wildman–Crippen MR) is 74.1 cm³/mol. The van der Waals surface area contributed by atoms with E-state index < -0.39 is 11.6 Å². The molecule has 0 heterocycles. The third-order valence-electron chi connectivity index (χ3n) is 3.81. The fourth-order valence-electron chi connectivity index (χ4n) is 2.66. The van der Waals surface area contributed by atoms with Crippen molar-refractivity contribution in [3.63, 3.8) is 0 Å². The quantitative estimate of drug-likeness (QED) is 0.794. The van der Waals surface area contributed by atoms with Gasteiger partial charge in [0.1, 0.15) is 11.6 Å². The Balaban J connectivity index is 2.04. The molecule has 1 aliphatic rings. The minimum Gasteiger partial charge on any atom is -0.316 e. The summed E-state index contributed by atoms with van der Waals surface area (Å²) >= 11 is 0. The molecule has 0 saturated carbocycles. The number of hydrogen-bond acceptors (Lipinski definition) is 1. The lowest BCUT2D eigenvalue weighted by atomic mass is 9.91. The van der Waals surface area contributed by atoms with E-state index in [1.165, 1.54) is 36.6 Å². The van der Waals surface area contributed by atoms with E-state index in [9.17, 15) is 8.78 Å². The van der Waals surface area contributed by atoms with Gasteiger partial charge in [-0.05, 0) is 57.7 Å². The Morgan fingerprint density at radius 2 is 1.89 bits per heavy atom. The second kappa shape index (κ2) is 6.80. The topological polar surface area (TPSA) is 12.0 Å². The standard InChI is InChI=1S/C16H21F2N/c1-19-13(10-12-6-3-2-4-7-12)11-14-15(17)8-5-9-16(14)18/h5-6,8-9,13,19H,2-4,7,10-11H2,1H3. The van der Waals surface area contributed by atoms with Crippen LogP contribution >= 0.6 is 0 Å². The van der Waals surface area contributed by atoms with E-state index >= 15 is 0 Å².